The number of hydrogen-bond acceptors (Lipinski definition) is 6. The van der Waals surface area contributed by atoms with E-state index in [-0.39, 0.29) is 23.2 Å². The fourth-order valence-electron chi connectivity index (χ4n) is 3.61. The summed E-state index contributed by atoms with van der Waals surface area (Å²) in [6.07, 6.45) is 5.72. The molecule has 0 saturated heterocycles. The van der Waals surface area contributed by atoms with E-state index in [1.54, 1.807) is 30.5 Å². The summed E-state index contributed by atoms with van der Waals surface area (Å²) in [5.74, 6) is -0.126. The molecule has 1 aromatic carbocycles. The summed E-state index contributed by atoms with van der Waals surface area (Å²) in [4.78, 5) is 19.4. The van der Waals surface area contributed by atoms with Crippen LogP contribution in [0.4, 0.5) is 0 Å². The van der Waals surface area contributed by atoms with Crippen molar-refractivity contribution in [2.75, 3.05) is 0 Å². The summed E-state index contributed by atoms with van der Waals surface area (Å²) in [5, 5.41) is 9.43. The lowest BCUT2D eigenvalue weighted by molar-refractivity contribution is -0.137. The van der Waals surface area contributed by atoms with Gasteiger partial charge in [0.05, 0.1) is 10.7 Å². The van der Waals surface area contributed by atoms with Crippen LogP contribution in [0.1, 0.15) is 46.0 Å². The van der Waals surface area contributed by atoms with Crippen LogP contribution in [0.3, 0.4) is 0 Å². The van der Waals surface area contributed by atoms with Gasteiger partial charge in [0.2, 0.25) is 15.9 Å². The Balaban J connectivity index is 1.75. The smallest absolute Gasteiger partial charge is 0.303 e. The fourth-order valence-corrected chi connectivity index (χ4v) is 5.53. The van der Waals surface area contributed by atoms with Crippen LogP contribution in [0.5, 0.6) is 11.6 Å². The quantitative estimate of drug-likeness (QED) is 0.343. The highest BCUT2D eigenvalue weighted by atomic mass is 79.9. The average Bonchev–Trinajstić information content (AvgIpc) is 2.79. The Morgan fingerprint density at radius 3 is 2.77 bits per heavy atom. The Bertz CT molecular complexity index is 1230. The van der Waals surface area contributed by atoms with E-state index in [1.165, 1.54) is 12.3 Å². The van der Waals surface area contributed by atoms with Gasteiger partial charge in [-0.25, -0.2) is 18.1 Å². The summed E-state index contributed by atoms with van der Waals surface area (Å²) >= 11 is 9.24. The number of aliphatic imine (C=N–C) groups is 1. The molecule has 0 aliphatic heterocycles. The van der Waals surface area contributed by atoms with Gasteiger partial charge in [-0.1, -0.05) is 17.2 Å². The van der Waals surface area contributed by atoms with Crippen molar-refractivity contribution in [3.8, 4) is 11.6 Å². The van der Waals surface area contributed by atoms with Crippen LogP contribution >= 0.6 is 27.5 Å². The maximum Gasteiger partial charge on any atom is 0.303 e. The lowest BCUT2D eigenvalue weighted by atomic mass is 9.89. The van der Waals surface area contributed by atoms with Crippen LogP contribution in [-0.2, 0) is 14.8 Å². The third-order valence-corrected chi connectivity index (χ3v) is 7.83. The number of benzene rings is 1. The first-order chi connectivity index (χ1) is 16.5. The number of carboxylic acid groups (broad SMARTS) is 1. The number of halogens is 2. The zero-order chi connectivity index (χ0) is 25.6. The number of nitrogens with one attached hydrogen (secondary N) is 1. The second-order valence-electron chi connectivity index (χ2n) is 8.38. The van der Waals surface area contributed by atoms with E-state index in [1.807, 2.05) is 13.8 Å². The molecule has 0 amide bonds. The number of sulfonamides is 1. The van der Waals surface area contributed by atoms with Crippen molar-refractivity contribution in [1.29, 1.82) is 0 Å². The largest absolute Gasteiger partial charge is 0.481 e. The van der Waals surface area contributed by atoms with Crippen molar-refractivity contribution >= 4 is 49.7 Å². The van der Waals surface area contributed by atoms with Crippen molar-refractivity contribution in [1.82, 2.24) is 9.71 Å². The number of ether oxygens (including phenoxy) is 1. The Kier molecular flexibility index (Phi) is 9.46. The van der Waals surface area contributed by atoms with Gasteiger partial charge in [-0.3, -0.25) is 9.79 Å². The molecule has 0 radical (unpaired) electrons. The predicted molar refractivity (Wildman–Crippen MR) is 139 cm³/mol. The maximum absolute atomic E-state index is 13.2. The van der Waals surface area contributed by atoms with Gasteiger partial charge in [0, 0.05) is 29.7 Å². The second kappa shape index (κ2) is 12.1. The number of pyridine rings is 1. The van der Waals surface area contributed by atoms with Crippen LogP contribution in [0, 0.1) is 0 Å². The number of allylic oxidation sites excluding steroid dienone is 1. The molecule has 2 N–H and O–H groups in total. The van der Waals surface area contributed by atoms with E-state index >= 15 is 0 Å². The van der Waals surface area contributed by atoms with E-state index in [0.29, 0.717) is 28.1 Å². The summed E-state index contributed by atoms with van der Waals surface area (Å²) in [6.45, 7) is 3.80. The van der Waals surface area contributed by atoms with Gasteiger partial charge in [-0.05, 0) is 91.4 Å². The molecule has 1 heterocycles. The summed E-state index contributed by atoms with van der Waals surface area (Å²) in [6, 6.07) is 7.56. The normalized spacial score (nSPS) is 17.5. The molecule has 35 heavy (non-hydrogen) atoms. The molecule has 8 nitrogen and oxygen atoms in total. The minimum Gasteiger partial charge on any atom is -0.481 e. The molecule has 188 valence electrons. The van der Waals surface area contributed by atoms with E-state index in [2.05, 4.69) is 30.6 Å². The monoisotopic (exact) mass is 583 g/mol. The molecular formula is C24H27BrClN3O5S. The van der Waals surface area contributed by atoms with Gasteiger partial charge in [-0.2, -0.15) is 0 Å². The Morgan fingerprint density at radius 1 is 1.40 bits per heavy atom. The summed E-state index contributed by atoms with van der Waals surface area (Å²) in [5.41, 5.74) is 1.88. The maximum atomic E-state index is 13.2. The Labute approximate surface area is 218 Å². The fraction of sp³-hybridized carbons (Fsp3) is 0.375. The molecule has 0 fully saturated rings. The van der Waals surface area contributed by atoms with Gasteiger partial charge >= 0.3 is 5.97 Å². The number of carboxylic acids is 1. The highest BCUT2D eigenvalue weighted by Crippen LogP contribution is 2.31. The number of carbonyl (C=O) groups is 1. The minimum absolute atomic E-state index is 0.00201. The molecule has 3 rings (SSSR count). The van der Waals surface area contributed by atoms with E-state index in [9.17, 15) is 13.2 Å². The van der Waals surface area contributed by atoms with Gasteiger partial charge < -0.3 is 9.84 Å². The molecule has 1 aliphatic rings. The zero-order valence-electron chi connectivity index (χ0n) is 19.4. The van der Waals surface area contributed by atoms with Crippen molar-refractivity contribution in [2.24, 2.45) is 4.99 Å². The highest BCUT2D eigenvalue weighted by Gasteiger charge is 2.27. The number of rotatable bonds is 10. The first kappa shape index (κ1) is 27.3. The third kappa shape index (κ3) is 7.86. The van der Waals surface area contributed by atoms with Crippen LogP contribution in [-0.4, -0.2) is 42.8 Å². The molecule has 0 spiro atoms. The van der Waals surface area contributed by atoms with Crippen LogP contribution in [0.2, 0.25) is 5.02 Å². The molecular weight excluding hydrogens is 558 g/mol. The number of nitrogens with zero attached hydrogens (tertiary/aromatic N) is 2. The van der Waals surface area contributed by atoms with Crippen molar-refractivity contribution < 1.29 is 23.1 Å². The average molecular weight is 585 g/mol. The molecule has 0 bridgehead atoms. The highest BCUT2D eigenvalue weighted by molar-refractivity contribution is 9.10. The Hall–Kier alpha value is -2.27. The van der Waals surface area contributed by atoms with E-state index < -0.39 is 22.0 Å². The van der Waals surface area contributed by atoms with Gasteiger partial charge in [0.1, 0.15) is 10.6 Å². The zero-order valence-corrected chi connectivity index (χ0v) is 22.5. The van der Waals surface area contributed by atoms with Crippen molar-refractivity contribution in [3.63, 3.8) is 0 Å². The van der Waals surface area contributed by atoms with Crippen LogP contribution < -0.4 is 9.46 Å². The van der Waals surface area contributed by atoms with Gasteiger partial charge in [-0.15, -0.1) is 0 Å². The number of aliphatic carboxylic acids is 1. The van der Waals surface area contributed by atoms with Crippen molar-refractivity contribution in [3.05, 3.63) is 57.2 Å². The summed E-state index contributed by atoms with van der Waals surface area (Å²) < 4.78 is 35.2. The molecule has 0 saturated carbocycles. The molecule has 2 aromatic rings. The van der Waals surface area contributed by atoms with Crippen LogP contribution in [0.25, 0.3) is 0 Å². The lowest BCUT2D eigenvalue weighted by Crippen LogP contribution is -2.38. The molecule has 2 unspecified atom stereocenters. The van der Waals surface area contributed by atoms with E-state index in [4.69, 9.17) is 21.4 Å². The van der Waals surface area contributed by atoms with Crippen molar-refractivity contribution in [2.45, 2.75) is 62.9 Å². The number of aromatic nitrogens is 1. The first-order valence-corrected chi connectivity index (χ1v) is 13.8. The third-order valence-electron chi connectivity index (χ3n) is 5.58. The molecule has 2 atom stereocenters. The first-order valence-electron chi connectivity index (χ1n) is 11.1. The number of hydrogen-bond donors (Lipinski definition) is 2. The molecule has 1 aromatic heterocycles. The van der Waals surface area contributed by atoms with E-state index in [0.717, 1.165) is 24.0 Å². The molecule has 11 heteroatoms. The SMILES string of the molecule is CC1=C(C=NC(C)CCC(=O)O)C(NS(=O)(=O)c2cnc(Oc3ccc(Cl)cc3)c(Br)c2)CCC1. The molecule has 1 aliphatic carbocycles. The van der Waals surface area contributed by atoms with Gasteiger partial charge in [0.15, 0.2) is 0 Å². The topological polar surface area (TPSA) is 118 Å². The lowest BCUT2D eigenvalue weighted by Gasteiger charge is -2.26. The Morgan fingerprint density at radius 2 is 2.11 bits per heavy atom. The van der Waals surface area contributed by atoms with Gasteiger partial charge in [0.25, 0.3) is 0 Å². The standard InChI is InChI=1S/C24H27BrClN3O5S/c1-15-4-3-5-22(20(15)14-27-16(2)6-11-23(30)31)29-35(32,33)19-12-21(25)24(28-13-19)34-18-9-7-17(26)8-10-18/h7-10,12-14,16,22,29H,3-6,11H2,1-2H3,(H,30,31). The predicted octanol–water partition coefficient (Wildman–Crippen LogP) is 5.76. The second-order valence-corrected chi connectivity index (χ2v) is 11.4. The minimum atomic E-state index is -3.88. The van der Waals surface area contributed by atoms with Crippen LogP contribution in [0.15, 0.2) is 62.0 Å². The summed E-state index contributed by atoms with van der Waals surface area (Å²) in [7, 11) is -3.88.